The van der Waals surface area contributed by atoms with Crippen molar-refractivity contribution < 1.29 is 0 Å². The smallest absolute Gasteiger partial charge is 0.109 e. The third-order valence-corrected chi connectivity index (χ3v) is 8.49. The second kappa shape index (κ2) is 11.2. The summed E-state index contributed by atoms with van der Waals surface area (Å²) in [5.41, 5.74) is 11.7. The fourth-order valence-electron chi connectivity index (χ4n) is 6.44. The predicted molar refractivity (Wildman–Crippen MR) is 190 cm³/mol. The number of nitrogens with one attached hydrogen (secondary N) is 2. The maximum Gasteiger partial charge on any atom is 0.109 e. The van der Waals surface area contributed by atoms with E-state index in [1.54, 1.807) is 12.4 Å². The zero-order valence-corrected chi connectivity index (χ0v) is 24.4. The summed E-state index contributed by atoms with van der Waals surface area (Å²) in [6, 6.07) is 44.5. The third-order valence-electron chi connectivity index (χ3n) is 8.49. The number of aromatic nitrogens is 1. The van der Waals surface area contributed by atoms with Gasteiger partial charge in [-0.15, -0.1) is 0 Å². The van der Waals surface area contributed by atoms with Crippen molar-refractivity contribution in [2.24, 2.45) is 5.10 Å². The molecule has 1 heterocycles. The van der Waals surface area contributed by atoms with Gasteiger partial charge in [-0.1, -0.05) is 115 Å². The summed E-state index contributed by atoms with van der Waals surface area (Å²) in [7, 11) is 0. The molecule has 0 fully saturated rings. The molecule has 0 atom stereocenters. The third kappa shape index (κ3) is 4.70. The number of hydrazone groups is 1. The van der Waals surface area contributed by atoms with E-state index in [1.807, 2.05) is 48.6 Å². The molecule has 0 saturated heterocycles. The van der Waals surface area contributed by atoms with E-state index in [4.69, 9.17) is 10.5 Å². The van der Waals surface area contributed by atoms with Crippen LogP contribution in [-0.4, -0.2) is 16.4 Å². The van der Waals surface area contributed by atoms with Crippen LogP contribution in [0.1, 0.15) is 5.56 Å². The first-order chi connectivity index (χ1) is 22.3. The summed E-state index contributed by atoms with van der Waals surface area (Å²) in [6.07, 6.45) is 9.48. The maximum absolute atomic E-state index is 8.72. The predicted octanol–water partition coefficient (Wildman–Crippen LogP) is 10.3. The van der Waals surface area contributed by atoms with Crippen molar-refractivity contribution in [2.45, 2.75) is 0 Å². The lowest BCUT2D eigenvalue weighted by molar-refractivity contribution is 1.32. The number of rotatable bonds is 5. The number of fused-ring (bicyclic) bond motifs is 3. The highest BCUT2D eigenvalue weighted by molar-refractivity contribution is 6.52. The Labute approximate surface area is 261 Å². The van der Waals surface area contributed by atoms with E-state index >= 15 is 0 Å². The molecule has 0 spiro atoms. The SMILES string of the molecule is N=C1C=CC(c2c3ccccc3c(-c3cccc4ccccc34)c3ccccc23)=C/C1=N/Nc1ccccc1-c1ccncc1. The van der Waals surface area contributed by atoms with Crippen molar-refractivity contribution in [1.82, 2.24) is 4.98 Å². The minimum Gasteiger partial charge on any atom is -0.299 e. The molecule has 0 amide bonds. The molecule has 4 nitrogen and oxygen atoms in total. The van der Waals surface area contributed by atoms with Crippen LogP contribution in [0.2, 0.25) is 0 Å². The summed E-state index contributed by atoms with van der Waals surface area (Å²) < 4.78 is 0. The van der Waals surface area contributed by atoms with Crippen LogP contribution in [0.4, 0.5) is 5.69 Å². The molecule has 2 N–H and O–H groups in total. The lowest BCUT2D eigenvalue weighted by atomic mass is 9.83. The highest BCUT2D eigenvalue weighted by Gasteiger charge is 2.20. The van der Waals surface area contributed by atoms with E-state index < -0.39 is 0 Å². The summed E-state index contributed by atoms with van der Waals surface area (Å²) in [6.45, 7) is 0. The van der Waals surface area contributed by atoms with Gasteiger partial charge in [0.05, 0.1) is 11.4 Å². The largest absolute Gasteiger partial charge is 0.299 e. The fourth-order valence-corrected chi connectivity index (χ4v) is 6.44. The van der Waals surface area contributed by atoms with Gasteiger partial charge in [-0.05, 0) is 90.5 Å². The molecule has 0 bridgehead atoms. The van der Waals surface area contributed by atoms with Gasteiger partial charge in [0, 0.05) is 18.0 Å². The molecule has 4 heteroatoms. The van der Waals surface area contributed by atoms with Gasteiger partial charge in [-0.3, -0.25) is 15.8 Å². The Morgan fingerprint density at radius 2 is 1.11 bits per heavy atom. The number of hydrogen-bond donors (Lipinski definition) is 2. The molecule has 212 valence electrons. The van der Waals surface area contributed by atoms with Crippen LogP contribution in [0, 0.1) is 5.41 Å². The number of anilines is 1. The minimum absolute atomic E-state index is 0.355. The van der Waals surface area contributed by atoms with Gasteiger partial charge in [0.1, 0.15) is 5.71 Å². The first kappa shape index (κ1) is 26.5. The van der Waals surface area contributed by atoms with Crippen LogP contribution in [-0.2, 0) is 0 Å². The van der Waals surface area contributed by atoms with Crippen molar-refractivity contribution in [3.05, 3.63) is 164 Å². The summed E-state index contributed by atoms with van der Waals surface area (Å²) in [4.78, 5) is 4.15. The van der Waals surface area contributed by atoms with E-state index in [1.165, 1.54) is 43.4 Å². The molecule has 8 rings (SSSR count). The Morgan fingerprint density at radius 1 is 0.533 bits per heavy atom. The fraction of sp³-hybridized carbons (Fsp3) is 0. The average Bonchev–Trinajstić information content (AvgIpc) is 3.11. The van der Waals surface area contributed by atoms with Crippen molar-refractivity contribution in [3.8, 4) is 22.3 Å². The normalized spacial score (nSPS) is 13.9. The van der Waals surface area contributed by atoms with Crippen molar-refractivity contribution in [1.29, 1.82) is 5.41 Å². The monoisotopic (exact) mass is 576 g/mol. The van der Waals surface area contributed by atoms with E-state index in [9.17, 15) is 0 Å². The first-order valence-electron chi connectivity index (χ1n) is 15.0. The number of pyridine rings is 1. The van der Waals surface area contributed by atoms with Gasteiger partial charge in [0.25, 0.3) is 0 Å². The zero-order valence-electron chi connectivity index (χ0n) is 24.4. The topological polar surface area (TPSA) is 61.1 Å². The Morgan fingerprint density at radius 3 is 1.84 bits per heavy atom. The van der Waals surface area contributed by atoms with E-state index in [0.29, 0.717) is 11.4 Å². The molecule has 1 aliphatic carbocycles. The molecule has 6 aromatic carbocycles. The van der Waals surface area contributed by atoms with Crippen LogP contribution in [0.5, 0.6) is 0 Å². The first-order valence-corrected chi connectivity index (χ1v) is 15.0. The Kier molecular flexibility index (Phi) is 6.58. The zero-order chi connectivity index (χ0) is 30.2. The van der Waals surface area contributed by atoms with Gasteiger partial charge in [0.2, 0.25) is 0 Å². The second-order valence-electron chi connectivity index (χ2n) is 11.1. The van der Waals surface area contributed by atoms with Crippen molar-refractivity contribution >= 4 is 55.0 Å². The minimum atomic E-state index is 0.355. The number of benzene rings is 6. The van der Waals surface area contributed by atoms with Crippen LogP contribution in [0.15, 0.2) is 163 Å². The maximum atomic E-state index is 8.72. The van der Waals surface area contributed by atoms with Gasteiger partial charge >= 0.3 is 0 Å². The molecule has 0 radical (unpaired) electrons. The lowest BCUT2D eigenvalue weighted by Crippen LogP contribution is -2.14. The molecule has 1 aliphatic rings. The van der Waals surface area contributed by atoms with Crippen LogP contribution >= 0.6 is 0 Å². The number of nitrogens with zero attached hydrogens (tertiary/aromatic N) is 2. The van der Waals surface area contributed by atoms with Crippen LogP contribution in [0.25, 0.3) is 60.1 Å². The standard InChI is InChI=1S/C41H28N4/c42-37-21-20-29(26-39(37)45-44-38-19-8-7-13-31(38)28-22-24-43-25-23-28)40-33-14-3-5-16-35(33)41(36-17-6-4-15-34(36)40)32-18-9-11-27-10-1-2-12-30(27)32/h1-26,42,44H/b42-37?,45-39-. The number of hydrogen-bond acceptors (Lipinski definition) is 4. The molecule has 0 aliphatic heterocycles. The van der Waals surface area contributed by atoms with Gasteiger partial charge in [-0.25, -0.2) is 0 Å². The molecule has 0 unspecified atom stereocenters. The summed E-state index contributed by atoms with van der Waals surface area (Å²) in [5, 5.41) is 20.7. The molecule has 0 saturated carbocycles. The summed E-state index contributed by atoms with van der Waals surface area (Å²) >= 11 is 0. The average molecular weight is 577 g/mol. The van der Waals surface area contributed by atoms with Gasteiger partial charge in [0.15, 0.2) is 0 Å². The number of allylic oxidation sites excluding steroid dienone is 4. The molecular weight excluding hydrogens is 548 g/mol. The van der Waals surface area contributed by atoms with Crippen LogP contribution < -0.4 is 5.43 Å². The van der Waals surface area contributed by atoms with Crippen molar-refractivity contribution in [3.63, 3.8) is 0 Å². The highest BCUT2D eigenvalue weighted by Crippen LogP contribution is 2.44. The summed E-state index contributed by atoms with van der Waals surface area (Å²) in [5.74, 6) is 0. The van der Waals surface area contributed by atoms with Gasteiger partial charge < -0.3 is 0 Å². The van der Waals surface area contributed by atoms with E-state index in [0.717, 1.165) is 28.0 Å². The van der Waals surface area contributed by atoms with Crippen molar-refractivity contribution in [2.75, 3.05) is 5.43 Å². The van der Waals surface area contributed by atoms with E-state index in [-0.39, 0.29) is 0 Å². The Bertz CT molecular complexity index is 2300. The molecular formula is C41H28N4. The number of para-hydroxylation sites is 1. The lowest BCUT2D eigenvalue weighted by Gasteiger charge is -2.20. The molecule has 1 aromatic heterocycles. The molecule has 45 heavy (non-hydrogen) atoms. The highest BCUT2D eigenvalue weighted by atomic mass is 15.3. The second-order valence-corrected chi connectivity index (χ2v) is 11.1. The van der Waals surface area contributed by atoms with Crippen LogP contribution in [0.3, 0.4) is 0 Å². The van der Waals surface area contributed by atoms with Gasteiger partial charge in [-0.2, -0.15) is 5.10 Å². The molecule has 7 aromatic rings. The quantitative estimate of drug-likeness (QED) is 0.122. The Balaban J connectivity index is 1.30. The van der Waals surface area contributed by atoms with E-state index in [2.05, 4.69) is 107 Å². The Hall–Kier alpha value is -6.13.